The van der Waals surface area contributed by atoms with Crippen molar-refractivity contribution >= 4 is 24.6 Å². The van der Waals surface area contributed by atoms with Crippen molar-refractivity contribution in [2.24, 2.45) is 0 Å². The molecule has 0 aliphatic heterocycles. The Hall–Kier alpha value is -4.90. The van der Waals surface area contributed by atoms with E-state index < -0.39 is 24.4 Å². The van der Waals surface area contributed by atoms with Gasteiger partial charge in [-0.1, -0.05) is 91.0 Å². The maximum Gasteiger partial charge on any atom is 0.410 e. The number of ether oxygens (including phenoxy) is 4. The number of esters is 1. The molecule has 0 saturated carbocycles. The number of benzene rings is 3. The van der Waals surface area contributed by atoms with E-state index in [-0.39, 0.29) is 39.5 Å². The minimum atomic E-state index is -0.659. The Morgan fingerprint density at radius 1 is 0.674 bits per heavy atom. The van der Waals surface area contributed by atoms with Crippen molar-refractivity contribution in [3.05, 3.63) is 108 Å². The van der Waals surface area contributed by atoms with Crippen molar-refractivity contribution < 1.29 is 38.1 Å². The number of nitrogens with zero attached hydrogens (tertiary/aromatic N) is 2. The summed E-state index contributed by atoms with van der Waals surface area (Å²) in [5, 5.41) is 2.69. The molecular formula is C35H43N3O8. The van der Waals surface area contributed by atoms with E-state index in [1.807, 2.05) is 91.0 Å². The lowest BCUT2D eigenvalue weighted by Gasteiger charge is -2.26. The van der Waals surface area contributed by atoms with E-state index in [2.05, 4.69) is 5.32 Å². The lowest BCUT2D eigenvalue weighted by molar-refractivity contribution is -0.144. The lowest BCUT2D eigenvalue weighted by Crippen LogP contribution is -2.40. The number of nitrogens with one attached hydrogen (secondary N) is 1. The van der Waals surface area contributed by atoms with E-state index >= 15 is 0 Å². The second kappa shape index (κ2) is 20.9. The summed E-state index contributed by atoms with van der Waals surface area (Å²) in [7, 11) is 0. The van der Waals surface area contributed by atoms with Crippen molar-refractivity contribution in [1.29, 1.82) is 0 Å². The third-order valence-electron chi connectivity index (χ3n) is 6.85. The second-order valence-corrected chi connectivity index (χ2v) is 10.4. The number of hydrogen-bond acceptors (Lipinski definition) is 8. The Labute approximate surface area is 270 Å². The van der Waals surface area contributed by atoms with Gasteiger partial charge in [0, 0.05) is 19.6 Å². The molecule has 0 aromatic heterocycles. The van der Waals surface area contributed by atoms with Gasteiger partial charge in [0.15, 0.2) is 0 Å². The van der Waals surface area contributed by atoms with E-state index in [9.17, 15) is 19.2 Å². The molecule has 0 fully saturated rings. The van der Waals surface area contributed by atoms with E-state index in [1.54, 1.807) is 11.8 Å². The highest BCUT2D eigenvalue weighted by Gasteiger charge is 2.22. The SMILES string of the molecule is CCOC(=O)CN(CCCN(CCCC(NC=O)OCc1ccccc1)C(=O)OCc1ccccc1)C(=O)OCc1ccccc1. The fourth-order valence-corrected chi connectivity index (χ4v) is 4.49. The molecule has 46 heavy (non-hydrogen) atoms. The first-order valence-corrected chi connectivity index (χ1v) is 15.4. The number of amides is 3. The van der Waals surface area contributed by atoms with Crippen LogP contribution >= 0.6 is 0 Å². The van der Waals surface area contributed by atoms with Crippen LogP contribution in [-0.4, -0.2) is 73.4 Å². The Bertz CT molecular complexity index is 1310. The lowest BCUT2D eigenvalue weighted by atomic mass is 10.2. The quantitative estimate of drug-likeness (QED) is 0.0771. The van der Waals surface area contributed by atoms with Crippen LogP contribution < -0.4 is 5.32 Å². The van der Waals surface area contributed by atoms with Crippen molar-refractivity contribution in [3.63, 3.8) is 0 Å². The van der Waals surface area contributed by atoms with Gasteiger partial charge in [0.25, 0.3) is 0 Å². The van der Waals surface area contributed by atoms with Gasteiger partial charge < -0.3 is 29.2 Å². The molecule has 1 N–H and O–H groups in total. The molecule has 0 aliphatic rings. The summed E-state index contributed by atoms with van der Waals surface area (Å²) >= 11 is 0. The predicted octanol–water partition coefficient (Wildman–Crippen LogP) is 5.29. The zero-order chi connectivity index (χ0) is 32.8. The van der Waals surface area contributed by atoms with Crippen molar-refractivity contribution in [2.45, 2.75) is 52.2 Å². The minimum Gasteiger partial charge on any atom is -0.465 e. The highest BCUT2D eigenvalue weighted by Crippen LogP contribution is 2.11. The van der Waals surface area contributed by atoms with Crippen LogP contribution in [0.15, 0.2) is 91.0 Å². The first kappa shape index (κ1) is 35.6. The summed E-state index contributed by atoms with van der Waals surface area (Å²) in [4.78, 5) is 52.4. The summed E-state index contributed by atoms with van der Waals surface area (Å²) < 4.78 is 22.0. The van der Waals surface area contributed by atoms with Gasteiger partial charge in [0.2, 0.25) is 6.41 Å². The number of carbonyl (C=O) groups is 4. The van der Waals surface area contributed by atoms with Crippen LogP contribution in [0.3, 0.4) is 0 Å². The van der Waals surface area contributed by atoms with E-state index in [0.717, 1.165) is 16.7 Å². The zero-order valence-electron chi connectivity index (χ0n) is 26.3. The van der Waals surface area contributed by atoms with Crippen molar-refractivity contribution in [1.82, 2.24) is 15.1 Å². The predicted molar refractivity (Wildman–Crippen MR) is 171 cm³/mol. The summed E-state index contributed by atoms with van der Waals surface area (Å²) in [5.74, 6) is -0.553. The minimum absolute atomic E-state index is 0.0548. The van der Waals surface area contributed by atoms with Gasteiger partial charge in [-0.3, -0.25) is 14.5 Å². The molecule has 1 atom stereocenters. The number of rotatable bonds is 20. The first-order valence-electron chi connectivity index (χ1n) is 15.4. The maximum absolute atomic E-state index is 13.2. The smallest absolute Gasteiger partial charge is 0.410 e. The van der Waals surface area contributed by atoms with Gasteiger partial charge in [-0.15, -0.1) is 0 Å². The summed E-state index contributed by atoms with van der Waals surface area (Å²) in [6, 6.07) is 28.2. The molecule has 246 valence electrons. The van der Waals surface area contributed by atoms with Gasteiger partial charge in [-0.05, 0) is 42.9 Å². The topological polar surface area (TPSA) is 124 Å². The third-order valence-corrected chi connectivity index (χ3v) is 6.85. The molecule has 11 heteroatoms. The largest absolute Gasteiger partial charge is 0.465 e. The molecule has 0 bridgehead atoms. The molecule has 0 saturated heterocycles. The molecule has 3 amide bonds. The van der Waals surface area contributed by atoms with Crippen LogP contribution in [-0.2, 0) is 48.4 Å². The van der Waals surface area contributed by atoms with Gasteiger partial charge in [0.05, 0.1) is 13.2 Å². The molecule has 0 heterocycles. The van der Waals surface area contributed by atoms with Crippen LogP contribution in [0.2, 0.25) is 0 Å². The number of hydrogen-bond donors (Lipinski definition) is 1. The third kappa shape index (κ3) is 13.8. The zero-order valence-corrected chi connectivity index (χ0v) is 26.3. The summed E-state index contributed by atoms with van der Waals surface area (Å²) in [6.07, 6.45) is 0.184. The van der Waals surface area contributed by atoms with E-state index in [1.165, 1.54) is 4.90 Å². The standard InChI is InChI=1S/C35H43N3O8/c1-2-43-33(40)24-38(35(42)46-27-31-18-10-5-11-19-31)23-13-22-37(34(41)45-26-30-16-8-4-9-17-30)21-12-20-32(36-28-39)44-25-29-14-6-3-7-15-29/h3-11,14-19,28,32H,2,12-13,20-27H2,1H3,(H,36,39). The molecule has 0 spiro atoms. The molecule has 1 unspecified atom stereocenters. The van der Waals surface area contributed by atoms with Crippen LogP contribution in [0.25, 0.3) is 0 Å². The Morgan fingerprint density at radius 3 is 1.67 bits per heavy atom. The average molecular weight is 634 g/mol. The highest BCUT2D eigenvalue weighted by molar-refractivity contribution is 5.78. The number of carbonyl (C=O) groups excluding carboxylic acids is 4. The van der Waals surface area contributed by atoms with Crippen LogP contribution in [0, 0.1) is 0 Å². The first-order chi connectivity index (χ1) is 22.5. The molecule has 0 radical (unpaired) electrons. The van der Waals surface area contributed by atoms with Crippen LogP contribution in [0.5, 0.6) is 0 Å². The Morgan fingerprint density at radius 2 is 1.15 bits per heavy atom. The molecule has 3 aromatic carbocycles. The van der Waals surface area contributed by atoms with Crippen molar-refractivity contribution in [3.8, 4) is 0 Å². The van der Waals surface area contributed by atoms with E-state index in [4.69, 9.17) is 18.9 Å². The second-order valence-electron chi connectivity index (χ2n) is 10.4. The van der Waals surface area contributed by atoms with Crippen LogP contribution in [0.4, 0.5) is 9.59 Å². The monoisotopic (exact) mass is 633 g/mol. The van der Waals surface area contributed by atoms with Crippen LogP contribution in [0.1, 0.15) is 42.9 Å². The molecule has 3 rings (SSSR count). The fourth-order valence-electron chi connectivity index (χ4n) is 4.49. The molecule has 3 aromatic rings. The highest BCUT2D eigenvalue weighted by atomic mass is 16.6. The Balaban J connectivity index is 1.59. The van der Waals surface area contributed by atoms with Gasteiger partial charge in [0.1, 0.15) is 26.0 Å². The average Bonchev–Trinajstić information content (AvgIpc) is 3.08. The molecular weight excluding hydrogens is 590 g/mol. The summed E-state index contributed by atoms with van der Waals surface area (Å²) in [5.41, 5.74) is 2.64. The normalized spacial score (nSPS) is 11.2. The fraction of sp³-hybridized carbons (Fsp3) is 0.371. The van der Waals surface area contributed by atoms with Gasteiger partial charge >= 0.3 is 18.2 Å². The van der Waals surface area contributed by atoms with Gasteiger partial charge in [-0.2, -0.15) is 0 Å². The molecule has 0 aliphatic carbocycles. The Kier molecular flexibility index (Phi) is 16.2. The van der Waals surface area contributed by atoms with Gasteiger partial charge in [-0.25, -0.2) is 9.59 Å². The van der Waals surface area contributed by atoms with Crippen molar-refractivity contribution in [2.75, 3.05) is 32.8 Å². The van der Waals surface area contributed by atoms with E-state index in [0.29, 0.717) is 38.8 Å². The summed E-state index contributed by atoms with van der Waals surface area (Å²) in [6.45, 7) is 2.78. The maximum atomic E-state index is 13.2. The molecule has 11 nitrogen and oxygen atoms in total.